The molecular weight excluding hydrogens is 246 g/mol. The quantitative estimate of drug-likeness (QED) is 0.888. The summed E-state index contributed by atoms with van der Waals surface area (Å²) in [5, 5.41) is 8.89. The van der Waals surface area contributed by atoms with Crippen LogP contribution in [0.15, 0.2) is 18.2 Å². The van der Waals surface area contributed by atoms with Crippen molar-refractivity contribution >= 4 is 23.5 Å². The Balaban J connectivity index is 2.73. The SMILES string of the molecule is CN(C)C(=O)COc1ccc(C(=O)O)cc1Cl. The minimum atomic E-state index is -1.07. The molecular formula is C11H12ClNO4. The Labute approximate surface area is 104 Å². The fourth-order valence-corrected chi connectivity index (χ4v) is 1.25. The molecule has 0 bridgehead atoms. The minimum absolute atomic E-state index is 0.0706. The van der Waals surface area contributed by atoms with Crippen molar-refractivity contribution < 1.29 is 19.4 Å². The molecule has 0 heterocycles. The first-order chi connectivity index (χ1) is 7.91. The van der Waals surface area contributed by atoms with E-state index in [-0.39, 0.29) is 28.8 Å². The van der Waals surface area contributed by atoms with Gasteiger partial charge >= 0.3 is 5.97 Å². The van der Waals surface area contributed by atoms with Gasteiger partial charge in [-0.3, -0.25) is 4.79 Å². The number of hydrogen-bond acceptors (Lipinski definition) is 3. The van der Waals surface area contributed by atoms with Crippen LogP contribution in [0.25, 0.3) is 0 Å². The summed E-state index contributed by atoms with van der Waals surface area (Å²) in [6.45, 7) is -0.140. The molecule has 0 spiro atoms. The maximum absolute atomic E-state index is 11.3. The van der Waals surface area contributed by atoms with Crippen LogP contribution < -0.4 is 4.74 Å². The second-order valence-electron chi connectivity index (χ2n) is 3.53. The van der Waals surface area contributed by atoms with Gasteiger partial charge in [0.15, 0.2) is 6.61 Å². The summed E-state index contributed by atoms with van der Waals surface area (Å²) in [6.07, 6.45) is 0. The minimum Gasteiger partial charge on any atom is -0.482 e. The number of likely N-dealkylation sites (N-methyl/N-ethyl adjacent to an activating group) is 1. The lowest BCUT2D eigenvalue weighted by Gasteiger charge is -2.12. The van der Waals surface area contributed by atoms with Gasteiger partial charge in [0.2, 0.25) is 0 Å². The highest BCUT2D eigenvalue weighted by Gasteiger charge is 2.10. The highest BCUT2D eigenvalue weighted by atomic mass is 35.5. The first-order valence-corrected chi connectivity index (χ1v) is 5.15. The molecule has 0 aromatic heterocycles. The van der Waals surface area contributed by atoms with Crippen LogP contribution in [-0.4, -0.2) is 42.6 Å². The van der Waals surface area contributed by atoms with Gasteiger partial charge in [0.25, 0.3) is 5.91 Å². The van der Waals surface area contributed by atoms with E-state index < -0.39 is 5.97 Å². The number of aromatic carboxylic acids is 1. The smallest absolute Gasteiger partial charge is 0.335 e. The second-order valence-corrected chi connectivity index (χ2v) is 3.93. The number of benzene rings is 1. The molecule has 92 valence electrons. The number of amides is 1. The zero-order valence-electron chi connectivity index (χ0n) is 9.44. The Hall–Kier alpha value is -1.75. The van der Waals surface area contributed by atoms with E-state index in [0.717, 1.165) is 0 Å². The van der Waals surface area contributed by atoms with Crippen LogP contribution in [0.2, 0.25) is 5.02 Å². The van der Waals surface area contributed by atoms with E-state index in [9.17, 15) is 9.59 Å². The van der Waals surface area contributed by atoms with Crippen molar-refractivity contribution in [1.29, 1.82) is 0 Å². The number of carbonyl (C=O) groups is 2. The summed E-state index contributed by atoms with van der Waals surface area (Å²) in [5.41, 5.74) is 0.0706. The van der Waals surface area contributed by atoms with E-state index in [0.29, 0.717) is 0 Å². The summed E-state index contributed by atoms with van der Waals surface area (Å²) >= 11 is 5.82. The Kier molecular flexibility index (Phi) is 4.34. The largest absolute Gasteiger partial charge is 0.482 e. The third-order valence-electron chi connectivity index (χ3n) is 2.03. The molecule has 17 heavy (non-hydrogen) atoms. The van der Waals surface area contributed by atoms with Gasteiger partial charge < -0.3 is 14.7 Å². The lowest BCUT2D eigenvalue weighted by atomic mass is 10.2. The predicted octanol–water partition coefficient (Wildman–Crippen LogP) is 1.51. The summed E-state index contributed by atoms with van der Waals surface area (Å²) < 4.78 is 5.18. The lowest BCUT2D eigenvalue weighted by molar-refractivity contribution is -0.130. The zero-order chi connectivity index (χ0) is 13.0. The third kappa shape index (κ3) is 3.64. The first-order valence-electron chi connectivity index (χ1n) is 4.77. The van der Waals surface area contributed by atoms with E-state index >= 15 is 0 Å². The molecule has 0 aliphatic heterocycles. The fourth-order valence-electron chi connectivity index (χ4n) is 1.02. The van der Waals surface area contributed by atoms with Gasteiger partial charge in [-0.1, -0.05) is 11.6 Å². The van der Waals surface area contributed by atoms with Gasteiger partial charge in [-0.2, -0.15) is 0 Å². The van der Waals surface area contributed by atoms with Crippen molar-refractivity contribution in [3.63, 3.8) is 0 Å². The Morgan fingerprint density at radius 2 is 2.06 bits per heavy atom. The molecule has 1 aromatic rings. The van der Waals surface area contributed by atoms with Crippen molar-refractivity contribution in [3.05, 3.63) is 28.8 Å². The Bertz CT molecular complexity index is 445. The lowest BCUT2D eigenvalue weighted by Crippen LogP contribution is -2.27. The monoisotopic (exact) mass is 257 g/mol. The molecule has 0 aliphatic carbocycles. The number of nitrogens with zero attached hydrogens (tertiary/aromatic N) is 1. The molecule has 0 saturated heterocycles. The Morgan fingerprint density at radius 1 is 1.41 bits per heavy atom. The van der Waals surface area contributed by atoms with Crippen molar-refractivity contribution in [2.24, 2.45) is 0 Å². The molecule has 1 amide bonds. The summed E-state index contributed by atoms with van der Waals surface area (Å²) in [4.78, 5) is 23.3. The van der Waals surface area contributed by atoms with Crippen LogP contribution in [0, 0.1) is 0 Å². The van der Waals surface area contributed by atoms with Crippen molar-refractivity contribution in [2.45, 2.75) is 0 Å². The Morgan fingerprint density at radius 3 is 2.53 bits per heavy atom. The van der Waals surface area contributed by atoms with Crippen molar-refractivity contribution in [3.8, 4) is 5.75 Å². The van der Waals surface area contributed by atoms with Crippen LogP contribution in [-0.2, 0) is 4.79 Å². The van der Waals surface area contributed by atoms with Gasteiger partial charge in [0.05, 0.1) is 10.6 Å². The molecule has 0 radical (unpaired) electrons. The van der Waals surface area contributed by atoms with Crippen molar-refractivity contribution in [2.75, 3.05) is 20.7 Å². The summed E-state index contributed by atoms with van der Waals surface area (Å²) in [5.74, 6) is -0.988. The average molecular weight is 258 g/mol. The maximum Gasteiger partial charge on any atom is 0.335 e. The molecule has 0 saturated carbocycles. The number of halogens is 1. The van der Waals surface area contributed by atoms with Gasteiger partial charge in [0, 0.05) is 14.1 Å². The number of carboxylic acid groups (broad SMARTS) is 1. The average Bonchev–Trinajstić information content (AvgIpc) is 2.26. The van der Waals surface area contributed by atoms with E-state index in [1.54, 1.807) is 14.1 Å². The third-order valence-corrected chi connectivity index (χ3v) is 2.32. The first kappa shape index (κ1) is 13.3. The van der Waals surface area contributed by atoms with Gasteiger partial charge in [-0.05, 0) is 18.2 Å². The molecule has 5 nitrogen and oxygen atoms in total. The molecule has 6 heteroatoms. The number of hydrogen-bond donors (Lipinski definition) is 1. The summed E-state index contributed by atoms with van der Waals surface area (Å²) in [7, 11) is 3.22. The zero-order valence-corrected chi connectivity index (χ0v) is 10.2. The highest BCUT2D eigenvalue weighted by molar-refractivity contribution is 6.32. The van der Waals surface area contributed by atoms with E-state index in [4.69, 9.17) is 21.4 Å². The molecule has 0 atom stereocenters. The number of carboxylic acids is 1. The van der Waals surface area contributed by atoms with E-state index in [1.165, 1.54) is 23.1 Å². The molecule has 0 unspecified atom stereocenters. The van der Waals surface area contributed by atoms with Crippen LogP contribution in [0.1, 0.15) is 10.4 Å². The van der Waals surface area contributed by atoms with E-state index in [2.05, 4.69) is 0 Å². The van der Waals surface area contributed by atoms with Crippen molar-refractivity contribution in [1.82, 2.24) is 4.90 Å². The van der Waals surface area contributed by atoms with Crippen LogP contribution in [0.4, 0.5) is 0 Å². The number of carbonyl (C=O) groups excluding carboxylic acids is 1. The van der Waals surface area contributed by atoms with E-state index in [1.807, 2.05) is 0 Å². The number of rotatable bonds is 4. The normalized spacial score (nSPS) is 9.82. The van der Waals surface area contributed by atoms with Gasteiger partial charge in [-0.25, -0.2) is 4.79 Å². The van der Waals surface area contributed by atoms with Gasteiger partial charge in [0.1, 0.15) is 5.75 Å². The molecule has 1 aromatic carbocycles. The standard InChI is InChI=1S/C11H12ClNO4/c1-13(2)10(14)6-17-9-4-3-7(11(15)16)5-8(9)12/h3-5H,6H2,1-2H3,(H,15,16). The fraction of sp³-hybridized carbons (Fsp3) is 0.273. The molecule has 0 fully saturated rings. The maximum atomic E-state index is 11.3. The number of ether oxygens (including phenoxy) is 1. The molecule has 1 N–H and O–H groups in total. The molecule has 0 aliphatic rings. The topological polar surface area (TPSA) is 66.8 Å². The predicted molar refractivity (Wildman–Crippen MR) is 62.6 cm³/mol. The van der Waals surface area contributed by atoms with Gasteiger partial charge in [-0.15, -0.1) is 0 Å². The van der Waals surface area contributed by atoms with Crippen LogP contribution >= 0.6 is 11.6 Å². The second kappa shape index (κ2) is 5.54. The molecule has 1 rings (SSSR count). The summed E-state index contributed by atoms with van der Waals surface area (Å²) in [6, 6.07) is 4.07. The highest BCUT2D eigenvalue weighted by Crippen LogP contribution is 2.25. The van der Waals surface area contributed by atoms with Crippen LogP contribution in [0.3, 0.4) is 0 Å². The van der Waals surface area contributed by atoms with Crippen LogP contribution in [0.5, 0.6) is 5.75 Å².